The zero-order valence-electron chi connectivity index (χ0n) is 22.9. The van der Waals surface area contributed by atoms with Gasteiger partial charge in [-0.25, -0.2) is 4.39 Å². The Kier molecular flexibility index (Phi) is 9.62. The molecular weight excluding hydrogens is 552 g/mol. The summed E-state index contributed by atoms with van der Waals surface area (Å²) in [4.78, 5) is 18.6. The smallest absolute Gasteiger partial charge is 0.166 e. The number of benzene rings is 3. The molecule has 2 heterocycles. The Morgan fingerprint density at radius 1 is 0.927 bits per heavy atom. The summed E-state index contributed by atoms with van der Waals surface area (Å²) < 4.78 is 22.0. The molecule has 0 saturated carbocycles. The Bertz CT molecular complexity index is 1670. The molecule has 0 aliphatic carbocycles. The number of ketones is 1. The summed E-state index contributed by atoms with van der Waals surface area (Å²) >= 11 is 7.03. The zero-order valence-corrected chi connectivity index (χ0v) is 24.5. The van der Waals surface area contributed by atoms with Gasteiger partial charge in [-0.2, -0.15) is 0 Å². The van der Waals surface area contributed by atoms with Crippen LogP contribution in [0.5, 0.6) is 11.5 Å². The normalized spacial score (nSPS) is 11.1. The number of hydrogen-bond donors (Lipinski definition) is 1. The summed E-state index contributed by atoms with van der Waals surface area (Å²) in [5.41, 5.74) is 4.81. The number of ether oxygens (including phenoxy) is 1. The summed E-state index contributed by atoms with van der Waals surface area (Å²) in [5, 5.41) is 3.44. The highest BCUT2D eigenvalue weighted by Gasteiger charge is 2.15. The maximum Gasteiger partial charge on any atom is 0.166 e. The Hall–Kier alpha value is -3.78. The first kappa shape index (κ1) is 28.7. The van der Waals surface area contributed by atoms with Crippen LogP contribution in [0, 0.1) is 5.82 Å². The Balaban J connectivity index is 1.26. The van der Waals surface area contributed by atoms with Crippen LogP contribution in [0.2, 0.25) is 0 Å². The lowest BCUT2D eigenvalue weighted by Gasteiger charge is -2.10. The first-order chi connectivity index (χ1) is 20.0. The van der Waals surface area contributed by atoms with Crippen LogP contribution in [0.4, 0.5) is 4.39 Å². The van der Waals surface area contributed by atoms with Gasteiger partial charge in [-0.3, -0.25) is 9.78 Å². The molecule has 0 fully saturated rings. The number of Topliss-reactive ketones (excluding diaryl/α,β-unsaturated/α-hetero) is 1. The number of carbonyl (C=O) groups is 1. The maximum absolute atomic E-state index is 15.1. The molecule has 0 radical (unpaired) electrons. The average molecular weight is 583 g/mol. The number of carbonyl (C=O) groups excluding carboxylic acids is 1. The van der Waals surface area contributed by atoms with Crippen LogP contribution in [-0.4, -0.2) is 22.2 Å². The minimum absolute atomic E-state index is 0.0542. The highest BCUT2D eigenvalue weighted by atomic mass is 32.1. The molecule has 0 atom stereocenters. The van der Waals surface area contributed by atoms with Crippen molar-refractivity contribution in [3.63, 3.8) is 0 Å². The summed E-state index contributed by atoms with van der Waals surface area (Å²) in [6, 6.07) is 26.7. The van der Waals surface area contributed by atoms with Crippen molar-refractivity contribution in [2.75, 3.05) is 6.54 Å². The Morgan fingerprint density at radius 3 is 2.56 bits per heavy atom. The molecule has 5 aromatic rings. The van der Waals surface area contributed by atoms with Crippen LogP contribution >= 0.6 is 23.6 Å². The summed E-state index contributed by atoms with van der Waals surface area (Å²) in [6.45, 7) is 3.96. The molecule has 0 bridgehead atoms. The highest BCUT2D eigenvalue weighted by molar-refractivity contribution is 7.80. The fourth-order valence-electron chi connectivity index (χ4n) is 4.63. The Labute approximate surface area is 249 Å². The highest BCUT2D eigenvalue weighted by Crippen LogP contribution is 2.39. The van der Waals surface area contributed by atoms with E-state index in [1.54, 1.807) is 35.7 Å². The SMILES string of the molecule is CCCNCc1cccc(-c2cc3nccc(Oc4ccc(CC(=S)CC(=O)Cc5ccccc5)cc4F)c3s2)c1. The third kappa shape index (κ3) is 7.70. The second-order valence-corrected chi connectivity index (χ2v) is 11.6. The third-order valence-electron chi connectivity index (χ3n) is 6.60. The largest absolute Gasteiger partial charge is 0.453 e. The molecule has 3 aromatic carbocycles. The molecular formula is C34H31FN2O2S2. The maximum atomic E-state index is 15.1. The van der Waals surface area contributed by atoms with Gasteiger partial charge in [0, 0.05) is 47.8 Å². The molecule has 0 saturated heterocycles. The standard InChI is InChI=1S/C34H31FN2O2S2/c1-2-14-36-22-25-9-6-10-26(16-25)33-21-30-34(41-33)32(13-15-37-30)39-31-12-11-24(19-29(31)35)18-28(40)20-27(38)17-23-7-4-3-5-8-23/h3-13,15-16,19,21,36H,2,14,17-18,20,22H2,1H3. The molecule has 0 aliphatic rings. The molecule has 5 rings (SSSR count). The number of nitrogens with zero attached hydrogens (tertiary/aromatic N) is 1. The van der Waals surface area contributed by atoms with Crippen molar-refractivity contribution < 1.29 is 13.9 Å². The number of halogens is 1. The van der Waals surface area contributed by atoms with Crippen molar-refractivity contribution in [2.24, 2.45) is 0 Å². The molecule has 1 N–H and O–H groups in total. The van der Waals surface area contributed by atoms with E-state index >= 15 is 4.39 Å². The number of fused-ring (bicyclic) bond motifs is 1. The van der Waals surface area contributed by atoms with E-state index < -0.39 is 5.82 Å². The molecule has 41 heavy (non-hydrogen) atoms. The minimum atomic E-state index is -0.477. The van der Waals surface area contributed by atoms with E-state index in [9.17, 15) is 4.79 Å². The van der Waals surface area contributed by atoms with Crippen molar-refractivity contribution in [3.8, 4) is 21.9 Å². The van der Waals surface area contributed by atoms with Crippen LogP contribution in [0.1, 0.15) is 36.5 Å². The van der Waals surface area contributed by atoms with Crippen molar-refractivity contribution >= 4 is 44.4 Å². The second kappa shape index (κ2) is 13.7. The van der Waals surface area contributed by atoms with Gasteiger partial charge in [0.2, 0.25) is 0 Å². The summed E-state index contributed by atoms with van der Waals surface area (Å²) in [6.07, 6.45) is 3.66. The predicted octanol–water partition coefficient (Wildman–Crippen LogP) is 8.51. The first-order valence-electron chi connectivity index (χ1n) is 13.7. The number of thiophene rings is 1. The van der Waals surface area contributed by atoms with Crippen LogP contribution < -0.4 is 10.1 Å². The monoisotopic (exact) mass is 582 g/mol. The average Bonchev–Trinajstić information content (AvgIpc) is 3.41. The zero-order chi connectivity index (χ0) is 28.6. The lowest BCUT2D eigenvalue weighted by atomic mass is 10.0. The van der Waals surface area contributed by atoms with Gasteiger partial charge in [0.05, 0.1) is 10.2 Å². The van der Waals surface area contributed by atoms with Gasteiger partial charge >= 0.3 is 0 Å². The summed E-state index contributed by atoms with van der Waals surface area (Å²) in [7, 11) is 0. The lowest BCUT2D eigenvalue weighted by Crippen LogP contribution is -2.13. The topological polar surface area (TPSA) is 51.2 Å². The molecule has 0 unspecified atom stereocenters. The molecule has 0 aliphatic heterocycles. The molecule has 4 nitrogen and oxygen atoms in total. The van der Waals surface area contributed by atoms with E-state index in [1.807, 2.05) is 36.4 Å². The predicted molar refractivity (Wildman–Crippen MR) is 170 cm³/mol. The number of pyridine rings is 1. The van der Waals surface area contributed by atoms with E-state index in [2.05, 4.69) is 41.5 Å². The van der Waals surface area contributed by atoms with E-state index in [0.717, 1.165) is 45.7 Å². The van der Waals surface area contributed by atoms with Crippen molar-refractivity contribution in [1.29, 1.82) is 0 Å². The van der Waals surface area contributed by atoms with E-state index in [1.165, 1.54) is 11.6 Å². The van der Waals surface area contributed by atoms with Gasteiger partial charge in [-0.1, -0.05) is 73.7 Å². The Morgan fingerprint density at radius 2 is 1.76 bits per heavy atom. The van der Waals surface area contributed by atoms with Crippen LogP contribution in [0.15, 0.2) is 91.1 Å². The molecule has 208 valence electrons. The molecule has 0 amide bonds. The molecule has 7 heteroatoms. The number of nitrogens with one attached hydrogen (secondary N) is 1. The van der Waals surface area contributed by atoms with Gasteiger partial charge in [0.1, 0.15) is 11.5 Å². The van der Waals surface area contributed by atoms with Crippen LogP contribution in [0.25, 0.3) is 20.7 Å². The number of aromatic nitrogens is 1. The van der Waals surface area contributed by atoms with E-state index in [4.69, 9.17) is 17.0 Å². The first-order valence-corrected chi connectivity index (χ1v) is 14.9. The fourth-order valence-corrected chi connectivity index (χ4v) is 6.02. The number of hydrogen-bond acceptors (Lipinski definition) is 6. The van der Waals surface area contributed by atoms with Crippen molar-refractivity contribution in [3.05, 3.63) is 114 Å². The molecule has 0 spiro atoms. The van der Waals surface area contributed by atoms with E-state index in [-0.39, 0.29) is 18.0 Å². The third-order valence-corrected chi connectivity index (χ3v) is 8.08. The van der Waals surface area contributed by atoms with E-state index in [0.29, 0.717) is 29.0 Å². The van der Waals surface area contributed by atoms with Crippen LogP contribution in [-0.2, 0) is 24.2 Å². The van der Waals surface area contributed by atoms with Gasteiger partial charge in [0.25, 0.3) is 0 Å². The molecule has 2 aromatic heterocycles. The number of rotatable bonds is 13. The van der Waals surface area contributed by atoms with Crippen LogP contribution in [0.3, 0.4) is 0 Å². The van der Waals surface area contributed by atoms with Gasteiger partial charge < -0.3 is 10.1 Å². The quantitative estimate of drug-likeness (QED) is 0.111. The fraction of sp³-hybridized carbons (Fsp3) is 0.206. The van der Waals surface area contributed by atoms with Crippen molar-refractivity contribution in [1.82, 2.24) is 10.3 Å². The van der Waals surface area contributed by atoms with Gasteiger partial charge in [-0.05, 0) is 59.5 Å². The second-order valence-electron chi connectivity index (χ2n) is 9.97. The van der Waals surface area contributed by atoms with Crippen molar-refractivity contribution in [2.45, 2.75) is 39.2 Å². The van der Waals surface area contributed by atoms with Gasteiger partial charge in [0.15, 0.2) is 11.6 Å². The minimum Gasteiger partial charge on any atom is -0.453 e. The summed E-state index contributed by atoms with van der Waals surface area (Å²) in [5.74, 6) is 0.264. The van der Waals surface area contributed by atoms with Gasteiger partial charge in [-0.15, -0.1) is 11.3 Å². The lowest BCUT2D eigenvalue weighted by molar-refractivity contribution is -0.117. The number of thiocarbonyl (C=S) groups is 1.